The highest BCUT2D eigenvalue weighted by molar-refractivity contribution is 7.99. The monoisotopic (exact) mass is 505 g/mol. The fourth-order valence-corrected chi connectivity index (χ4v) is 5.70. The van der Waals surface area contributed by atoms with Gasteiger partial charge in [0.2, 0.25) is 5.95 Å². The van der Waals surface area contributed by atoms with Crippen LogP contribution in [-0.4, -0.2) is 47.5 Å². The van der Waals surface area contributed by atoms with E-state index in [9.17, 15) is 9.59 Å². The molecule has 0 bridgehead atoms. The van der Waals surface area contributed by atoms with Crippen LogP contribution in [0.5, 0.6) is 0 Å². The van der Waals surface area contributed by atoms with Crippen LogP contribution in [0.25, 0.3) is 11.2 Å². The number of thioether (sulfide) groups is 1. The SMILES string of the molecule is Cc1ccnc(SCCn2c(N3CCC(Cc4ccccc4)CC3)nc3c2c(=O)n(C)c(=O)n3C)n1. The summed E-state index contributed by atoms with van der Waals surface area (Å²) in [4.78, 5) is 41.7. The summed E-state index contributed by atoms with van der Waals surface area (Å²) in [6.07, 6.45) is 4.95. The normalized spacial score (nSPS) is 14.6. The summed E-state index contributed by atoms with van der Waals surface area (Å²) >= 11 is 1.55. The minimum absolute atomic E-state index is 0.317. The molecule has 1 saturated heterocycles. The van der Waals surface area contributed by atoms with E-state index in [1.54, 1.807) is 25.0 Å². The zero-order valence-corrected chi connectivity index (χ0v) is 21.7. The molecule has 0 saturated carbocycles. The van der Waals surface area contributed by atoms with Gasteiger partial charge in [0.15, 0.2) is 16.3 Å². The van der Waals surface area contributed by atoms with E-state index < -0.39 is 0 Å². The molecule has 0 atom stereocenters. The number of hydrogen-bond acceptors (Lipinski definition) is 7. The van der Waals surface area contributed by atoms with Crippen molar-refractivity contribution in [1.82, 2.24) is 28.7 Å². The summed E-state index contributed by atoms with van der Waals surface area (Å²) in [7, 11) is 3.19. The maximum absolute atomic E-state index is 13.2. The number of aromatic nitrogens is 6. The van der Waals surface area contributed by atoms with Gasteiger partial charge in [-0.1, -0.05) is 42.1 Å². The second-order valence-corrected chi connectivity index (χ2v) is 10.5. The van der Waals surface area contributed by atoms with Crippen LogP contribution in [-0.2, 0) is 27.1 Å². The van der Waals surface area contributed by atoms with Crippen molar-refractivity contribution in [2.75, 3.05) is 23.7 Å². The van der Waals surface area contributed by atoms with Gasteiger partial charge in [0.25, 0.3) is 5.56 Å². The predicted octanol–water partition coefficient (Wildman–Crippen LogP) is 2.78. The van der Waals surface area contributed by atoms with Gasteiger partial charge in [-0.3, -0.25) is 13.9 Å². The van der Waals surface area contributed by atoms with E-state index in [0.29, 0.717) is 34.5 Å². The molecule has 0 N–H and O–H groups in total. The summed E-state index contributed by atoms with van der Waals surface area (Å²) in [6, 6.07) is 12.5. The molecule has 36 heavy (non-hydrogen) atoms. The number of fused-ring (bicyclic) bond motifs is 1. The van der Waals surface area contributed by atoms with Crippen molar-refractivity contribution in [3.63, 3.8) is 0 Å². The van der Waals surface area contributed by atoms with Crippen LogP contribution in [0.1, 0.15) is 24.1 Å². The standard InChI is InChI=1S/C26H31N7O2S/c1-18-9-12-27-24(28-18)36-16-15-33-21-22(30(2)26(35)31(3)23(21)34)29-25(33)32-13-10-20(11-14-32)17-19-7-5-4-6-8-19/h4-9,12,20H,10-11,13-17H2,1-3H3. The topological polar surface area (TPSA) is 90.8 Å². The Morgan fingerprint density at radius 2 is 1.75 bits per heavy atom. The molecule has 1 aromatic carbocycles. The number of aryl methyl sites for hydroxylation is 3. The average Bonchev–Trinajstić information content (AvgIpc) is 3.27. The molecule has 5 rings (SSSR count). The molecule has 10 heteroatoms. The Kier molecular flexibility index (Phi) is 6.95. The highest BCUT2D eigenvalue weighted by Gasteiger charge is 2.26. The highest BCUT2D eigenvalue weighted by Crippen LogP contribution is 2.28. The first kappa shape index (κ1) is 24.3. The van der Waals surface area contributed by atoms with Crippen LogP contribution >= 0.6 is 11.8 Å². The van der Waals surface area contributed by atoms with Crippen molar-refractivity contribution >= 4 is 28.9 Å². The molecule has 4 aromatic rings. The van der Waals surface area contributed by atoms with Crippen molar-refractivity contribution in [2.24, 2.45) is 20.0 Å². The molecule has 3 aromatic heterocycles. The van der Waals surface area contributed by atoms with Crippen molar-refractivity contribution in [1.29, 1.82) is 0 Å². The number of rotatable bonds is 7. The Balaban J connectivity index is 1.42. The minimum atomic E-state index is -0.368. The second-order valence-electron chi connectivity index (χ2n) is 9.39. The van der Waals surface area contributed by atoms with E-state index in [0.717, 1.165) is 48.6 Å². The van der Waals surface area contributed by atoms with Crippen LogP contribution in [0.3, 0.4) is 0 Å². The Morgan fingerprint density at radius 3 is 2.47 bits per heavy atom. The van der Waals surface area contributed by atoms with Crippen molar-refractivity contribution in [3.05, 3.63) is 74.7 Å². The maximum Gasteiger partial charge on any atom is 0.332 e. The largest absolute Gasteiger partial charge is 0.342 e. The molecule has 4 heterocycles. The molecule has 1 fully saturated rings. The number of piperidine rings is 1. The van der Waals surface area contributed by atoms with Gasteiger partial charge in [-0.05, 0) is 43.7 Å². The summed E-state index contributed by atoms with van der Waals surface area (Å²) < 4.78 is 4.61. The smallest absolute Gasteiger partial charge is 0.332 e. The summed E-state index contributed by atoms with van der Waals surface area (Å²) in [6.45, 7) is 4.23. The quantitative estimate of drug-likeness (QED) is 0.282. The van der Waals surface area contributed by atoms with Crippen LogP contribution in [0.15, 0.2) is 57.3 Å². The lowest BCUT2D eigenvalue weighted by Crippen LogP contribution is -2.38. The molecule has 1 aliphatic heterocycles. The molecular weight excluding hydrogens is 474 g/mol. The molecule has 0 spiro atoms. The minimum Gasteiger partial charge on any atom is -0.342 e. The molecule has 0 unspecified atom stereocenters. The van der Waals surface area contributed by atoms with Crippen LogP contribution < -0.4 is 16.1 Å². The lowest BCUT2D eigenvalue weighted by Gasteiger charge is -2.33. The van der Waals surface area contributed by atoms with E-state index in [1.165, 1.54) is 17.2 Å². The van der Waals surface area contributed by atoms with Gasteiger partial charge >= 0.3 is 5.69 Å². The fraction of sp³-hybridized carbons (Fsp3) is 0.423. The third-order valence-corrected chi connectivity index (χ3v) is 7.75. The van der Waals surface area contributed by atoms with Crippen LogP contribution in [0.4, 0.5) is 5.95 Å². The Morgan fingerprint density at radius 1 is 1.00 bits per heavy atom. The van der Waals surface area contributed by atoms with E-state index in [2.05, 4.69) is 45.2 Å². The molecule has 0 amide bonds. The fourth-order valence-electron chi connectivity index (χ4n) is 4.90. The maximum atomic E-state index is 13.2. The molecular formula is C26H31N7O2S. The lowest BCUT2D eigenvalue weighted by molar-refractivity contribution is 0.398. The summed E-state index contributed by atoms with van der Waals surface area (Å²) in [5.41, 5.74) is 2.50. The van der Waals surface area contributed by atoms with Crippen molar-refractivity contribution < 1.29 is 0 Å². The Hall–Kier alpha value is -3.40. The summed E-state index contributed by atoms with van der Waals surface area (Å²) in [5.74, 6) is 2.05. The van der Waals surface area contributed by atoms with Gasteiger partial charge in [0.1, 0.15) is 0 Å². The van der Waals surface area contributed by atoms with E-state index in [1.807, 2.05) is 17.6 Å². The number of hydrogen-bond donors (Lipinski definition) is 0. The number of anilines is 1. The highest BCUT2D eigenvalue weighted by atomic mass is 32.2. The number of benzene rings is 1. The first-order valence-electron chi connectivity index (χ1n) is 12.3. The molecule has 0 aliphatic carbocycles. The molecule has 188 valence electrons. The Labute approximate surface area is 213 Å². The zero-order chi connectivity index (χ0) is 25.2. The van der Waals surface area contributed by atoms with E-state index >= 15 is 0 Å². The zero-order valence-electron chi connectivity index (χ0n) is 20.9. The third kappa shape index (κ3) is 4.82. The van der Waals surface area contributed by atoms with Gasteiger partial charge in [-0.15, -0.1) is 0 Å². The molecule has 0 radical (unpaired) electrons. The van der Waals surface area contributed by atoms with Crippen molar-refractivity contribution in [3.8, 4) is 0 Å². The van der Waals surface area contributed by atoms with Crippen molar-refractivity contribution in [2.45, 2.75) is 37.9 Å². The summed E-state index contributed by atoms with van der Waals surface area (Å²) in [5, 5.41) is 0.711. The van der Waals surface area contributed by atoms with Gasteiger partial charge in [-0.2, -0.15) is 4.98 Å². The van der Waals surface area contributed by atoms with Gasteiger partial charge in [0.05, 0.1) is 0 Å². The Bertz CT molecular complexity index is 1480. The second kappa shape index (κ2) is 10.3. The van der Waals surface area contributed by atoms with E-state index in [4.69, 9.17) is 4.98 Å². The van der Waals surface area contributed by atoms with Gasteiger partial charge < -0.3 is 9.47 Å². The third-order valence-electron chi connectivity index (χ3n) is 6.91. The van der Waals surface area contributed by atoms with E-state index in [-0.39, 0.29) is 11.2 Å². The van der Waals surface area contributed by atoms with Crippen LogP contribution in [0.2, 0.25) is 0 Å². The number of nitrogens with zero attached hydrogens (tertiary/aromatic N) is 7. The predicted molar refractivity (Wildman–Crippen MR) is 143 cm³/mol. The first-order chi connectivity index (χ1) is 17.4. The first-order valence-corrected chi connectivity index (χ1v) is 13.3. The van der Waals surface area contributed by atoms with Gasteiger partial charge in [-0.25, -0.2) is 14.8 Å². The number of imidazole rings is 1. The van der Waals surface area contributed by atoms with Crippen LogP contribution in [0, 0.1) is 12.8 Å². The molecule has 1 aliphatic rings. The lowest BCUT2D eigenvalue weighted by atomic mass is 9.90. The van der Waals surface area contributed by atoms with Gasteiger partial charge in [0, 0.05) is 51.4 Å². The molecule has 9 nitrogen and oxygen atoms in total. The average molecular weight is 506 g/mol.